The number of benzene rings is 1. The first-order valence-corrected chi connectivity index (χ1v) is 6.00. The van der Waals surface area contributed by atoms with Gasteiger partial charge in [0.25, 0.3) is 0 Å². The van der Waals surface area contributed by atoms with Crippen LogP contribution in [0.2, 0.25) is 0 Å². The fourth-order valence-corrected chi connectivity index (χ4v) is 2.07. The molecule has 104 valence electrons. The topological polar surface area (TPSA) is 63.1 Å². The molecule has 0 aliphatic rings. The Morgan fingerprint density at radius 2 is 1.71 bits per heavy atom. The number of halogens is 2. The second-order valence-corrected chi connectivity index (χ2v) is 4.38. The Hall–Kier alpha value is -2.89. The van der Waals surface area contributed by atoms with Crippen LogP contribution in [0.4, 0.5) is 8.78 Å². The summed E-state index contributed by atoms with van der Waals surface area (Å²) in [5.41, 5.74) is 0.943. The normalized spacial score (nSPS) is 10.8. The maximum Gasteiger partial charge on any atom is 0.336 e. The smallest absolute Gasteiger partial charge is 0.336 e. The Labute approximate surface area is 117 Å². The molecule has 0 saturated heterocycles. The van der Waals surface area contributed by atoms with Crippen LogP contribution in [0.25, 0.3) is 22.2 Å². The van der Waals surface area contributed by atoms with Gasteiger partial charge in [0.15, 0.2) is 11.6 Å². The van der Waals surface area contributed by atoms with Crippen molar-refractivity contribution < 1.29 is 18.7 Å². The van der Waals surface area contributed by atoms with Gasteiger partial charge < -0.3 is 5.11 Å². The summed E-state index contributed by atoms with van der Waals surface area (Å²) >= 11 is 0. The largest absolute Gasteiger partial charge is 0.478 e. The van der Waals surface area contributed by atoms with Crippen molar-refractivity contribution in [3.63, 3.8) is 0 Å². The number of aromatic carboxylic acids is 1. The Morgan fingerprint density at radius 1 is 1.05 bits per heavy atom. The van der Waals surface area contributed by atoms with Gasteiger partial charge in [-0.15, -0.1) is 0 Å². The van der Waals surface area contributed by atoms with Crippen molar-refractivity contribution in [2.45, 2.75) is 0 Å². The Kier molecular flexibility index (Phi) is 3.06. The van der Waals surface area contributed by atoms with Crippen LogP contribution in [-0.4, -0.2) is 21.0 Å². The van der Waals surface area contributed by atoms with E-state index < -0.39 is 17.6 Å². The van der Waals surface area contributed by atoms with Gasteiger partial charge in [0.1, 0.15) is 0 Å². The van der Waals surface area contributed by atoms with E-state index in [0.29, 0.717) is 11.3 Å². The third kappa shape index (κ3) is 2.31. The minimum atomic E-state index is -1.23. The molecule has 0 bridgehead atoms. The number of rotatable bonds is 2. The van der Waals surface area contributed by atoms with Crippen LogP contribution >= 0.6 is 0 Å². The van der Waals surface area contributed by atoms with Crippen LogP contribution in [0.15, 0.2) is 42.7 Å². The molecule has 21 heavy (non-hydrogen) atoms. The van der Waals surface area contributed by atoms with Gasteiger partial charge in [-0.05, 0) is 24.3 Å². The summed E-state index contributed by atoms with van der Waals surface area (Å²) in [5, 5.41) is 9.31. The Balaban J connectivity index is 2.35. The number of fused-ring (bicyclic) bond motifs is 1. The van der Waals surface area contributed by atoms with E-state index in [1.807, 2.05) is 0 Å². The van der Waals surface area contributed by atoms with Gasteiger partial charge in [0.2, 0.25) is 0 Å². The summed E-state index contributed by atoms with van der Waals surface area (Å²) in [7, 11) is 0. The van der Waals surface area contributed by atoms with Crippen molar-refractivity contribution in [2.24, 2.45) is 0 Å². The third-order valence-corrected chi connectivity index (χ3v) is 3.06. The number of aromatic nitrogens is 2. The fraction of sp³-hybridized carbons (Fsp3) is 0. The number of pyridine rings is 2. The summed E-state index contributed by atoms with van der Waals surface area (Å²) < 4.78 is 26.7. The molecule has 0 aliphatic carbocycles. The number of carboxylic acid groups (broad SMARTS) is 1. The van der Waals surface area contributed by atoms with Crippen molar-refractivity contribution >= 4 is 16.9 Å². The number of hydrogen-bond acceptors (Lipinski definition) is 3. The van der Waals surface area contributed by atoms with Crippen molar-refractivity contribution in [3.05, 3.63) is 59.9 Å². The zero-order valence-electron chi connectivity index (χ0n) is 10.5. The third-order valence-electron chi connectivity index (χ3n) is 3.06. The van der Waals surface area contributed by atoms with Gasteiger partial charge in [-0.2, -0.15) is 0 Å². The zero-order chi connectivity index (χ0) is 15.0. The fourth-order valence-electron chi connectivity index (χ4n) is 2.07. The zero-order valence-corrected chi connectivity index (χ0v) is 10.5. The van der Waals surface area contributed by atoms with Crippen molar-refractivity contribution in [3.8, 4) is 11.3 Å². The number of nitrogens with zero attached hydrogens (tertiary/aromatic N) is 2. The molecule has 0 fully saturated rings. The maximum atomic E-state index is 13.3. The lowest BCUT2D eigenvalue weighted by atomic mass is 10.0. The molecule has 2 heterocycles. The monoisotopic (exact) mass is 286 g/mol. The van der Waals surface area contributed by atoms with Crippen LogP contribution in [0.5, 0.6) is 0 Å². The van der Waals surface area contributed by atoms with Crippen LogP contribution in [-0.2, 0) is 0 Å². The molecular weight excluding hydrogens is 278 g/mol. The number of carbonyl (C=O) groups is 1. The minimum absolute atomic E-state index is 0.0548. The summed E-state index contributed by atoms with van der Waals surface area (Å²) in [6.45, 7) is 0. The van der Waals surface area contributed by atoms with Gasteiger partial charge in [-0.1, -0.05) is 0 Å². The summed E-state index contributed by atoms with van der Waals surface area (Å²) in [6.07, 6.45) is 3.07. The van der Waals surface area contributed by atoms with E-state index in [1.165, 1.54) is 18.5 Å². The van der Waals surface area contributed by atoms with Crippen molar-refractivity contribution in [1.82, 2.24) is 9.97 Å². The van der Waals surface area contributed by atoms with Crippen LogP contribution < -0.4 is 0 Å². The predicted octanol–water partition coefficient (Wildman–Crippen LogP) is 3.27. The van der Waals surface area contributed by atoms with E-state index in [0.717, 1.165) is 12.1 Å². The van der Waals surface area contributed by atoms with E-state index in [4.69, 9.17) is 0 Å². The second kappa shape index (κ2) is 4.90. The Bertz CT molecular complexity index is 851. The van der Waals surface area contributed by atoms with Crippen LogP contribution in [0, 0.1) is 11.6 Å². The van der Waals surface area contributed by atoms with Gasteiger partial charge in [-0.3, -0.25) is 4.98 Å². The molecule has 6 heteroatoms. The highest BCUT2D eigenvalue weighted by Gasteiger charge is 2.15. The molecule has 1 N–H and O–H groups in total. The molecule has 0 amide bonds. The highest BCUT2D eigenvalue weighted by Crippen LogP contribution is 2.26. The first-order valence-electron chi connectivity index (χ1n) is 6.00. The molecule has 0 saturated carbocycles. The first kappa shape index (κ1) is 13.1. The van der Waals surface area contributed by atoms with E-state index in [2.05, 4.69) is 9.97 Å². The Morgan fingerprint density at radius 3 is 2.38 bits per heavy atom. The SMILES string of the molecule is O=C(O)c1cc(-c2ccncc2)nc2cc(F)c(F)cc12. The molecule has 0 spiro atoms. The molecule has 3 aromatic rings. The molecule has 3 rings (SSSR count). The molecule has 0 aliphatic heterocycles. The predicted molar refractivity (Wildman–Crippen MR) is 71.8 cm³/mol. The summed E-state index contributed by atoms with van der Waals surface area (Å²) in [5.74, 6) is -3.41. The summed E-state index contributed by atoms with van der Waals surface area (Å²) in [4.78, 5) is 19.4. The molecule has 0 radical (unpaired) electrons. The number of carboxylic acids is 1. The average Bonchev–Trinajstić information content (AvgIpc) is 2.48. The first-order chi connectivity index (χ1) is 10.1. The van der Waals surface area contributed by atoms with Crippen molar-refractivity contribution in [1.29, 1.82) is 0 Å². The van der Waals surface area contributed by atoms with Gasteiger partial charge >= 0.3 is 5.97 Å². The maximum absolute atomic E-state index is 13.3. The quantitative estimate of drug-likeness (QED) is 0.785. The highest BCUT2D eigenvalue weighted by molar-refractivity contribution is 6.03. The van der Waals surface area contributed by atoms with E-state index in [1.54, 1.807) is 12.1 Å². The lowest BCUT2D eigenvalue weighted by Gasteiger charge is -2.07. The van der Waals surface area contributed by atoms with E-state index >= 15 is 0 Å². The van der Waals surface area contributed by atoms with E-state index in [9.17, 15) is 18.7 Å². The highest BCUT2D eigenvalue weighted by atomic mass is 19.2. The minimum Gasteiger partial charge on any atom is -0.478 e. The second-order valence-electron chi connectivity index (χ2n) is 4.38. The molecule has 0 atom stereocenters. The molecule has 0 unspecified atom stereocenters. The van der Waals surface area contributed by atoms with Gasteiger partial charge in [0.05, 0.1) is 16.8 Å². The molecule has 2 aromatic heterocycles. The molecule has 1 aromatic carbocycles. The molecule has 4 nitrogen and oxygen atoms in total. The number of hydrogen-bond donors (Lipinski definition) is 1. The van der Waals surface area contributed by atoms with Gasteiger partial charge in [-0.25, -0.2) is 18.6 Å². The molecular formula is C15H8F2N2O2. The van der Waals surface area contributed by atoms with Crippen LogP contribution in [0.1, 0.15) is 10.4 Å². The van der Waals surface area contributed by atoms with Gasteiger partial charge in [0, 0.05) is 29.4 Å². The summed E-state index contributed by atoms with van der Waals surface area (Å²) in [6, 6.07) is 6.37. The standard InChI is InChI=1S/C15H8F2N2O2/c16-11-5-9-10(15(20)21)6-13(8-1-3-18-4-2-8)19-14(9)7-12(11)17/h1-7H,(H,20,21). The lowest BCUT2D eigenvalue weighted by molar-refractivity contribution is 0.0699. The van der Waals surface area contributed by atoms with Crippen molar-refractivity contribution in [2.75, 3.05) is 0 Å². The average molecular weight is 286 g/mol. The van der Waals surface area contributed by atoms with Crippen LogP contribution in [0.3, 0.4) is 0 Å². The lowest BCUT2D eigenvalue weighted by Crippen LogP contribution is -2.01. The van der Waals surface area contributed by atoms with E-state index in [-0.39, 0.29) is 16.5 Å².